The second-order valence-corrected chi connectivity index (χ2v) is 6.07. The lowest BCUT2D eigenvalue weighted by Crippen LogP contribution is -2.04. The Labute approximate surface area is 163 Å². The van der Waals surface area contributed by atoms with Gasteiger partial charge in [-0.1, -0.05) is 17.9 Å². The van der Waals surface area contributed by atoms with E-state index in [1.54, 1.807) is 20.4 Å². The standard InChI is InChI=1S/C21H21N5O2/c1-27-18-11-14(9-16-12-25-21(24)26-20(16)23)8-15(19(18)28-2)7-6-13-4-3-5-17(22)10-13/h3-5,8,10-12H,9,22H2,1-2H3,(H4,23,24,25,26). The zero-order valence-corrected chi connectivity index (χ0v) is 15.7. The molecule has 7 heteroatoms. The van der Waals surface area contributed by atoms with E-state index in [4.69, 9.17) is 26.7 Å². The molecule has 1 aromatic heterocycles. The molecule has 0 bridgehead atoms. The van der Waals surface area contributed by atoms with Crippen LogP contribution < -0.4 is 26.7 Å². The minimum Gasteiger partial charge on any atom is -0.493 e. The lowest BCUT2D eigenvalue weighted by atomic mass is 10.0. The zero-order valence-electron chi connectivity index (χ0n) is 15.7. The highest BCUT2D eigenvalue weighted by Crippen LogP contribution is 2.33. The lowest BCUT2D eigenvalue weighted by Gasteiger charge is -2.13. The van der Waals surface area contributed by atoms with Crippen LogP contribution >= 0.6 is 0 Å². The summed E-state index contributed by atoms with van der Waals surface area (Å²) in [7, 11) is 3.16. The van der Waals surface area contributed by atoms with Gasteiger partial charge in [0.15, 0.2) is 11.5 Å². The summed E-state index contributed by atoms with van der Waals surface area (Å²) < 4.78 is 11.0. The molecular weight excluding hydrogens is 354 g/mol. The number of hydrogen-bond acceptors (Lipinski definition) is 7. The zero-order chi connectivity index (χ0) is 20.1. The fourth-order valence-electron chi connectivity index (χ4n) is 2.76. The molecular formula is C21H21N5O2. The van der Waals surface area contributed by atoms with Gasteiger partial charge in [0.25, 0.3) is 0 Å². The minimum atomic E-state index is 0.141. The summed E-state index contributed by atoms with van der Waals surface area (Å²) in [5.41, 5.74) is 21.2. The quantitative estimate of drug-likeness (QED) is 0.472. The number of nitrogens with two attached hydrogens (primary N) is 3. The first kappa shape index (κ1) is 18.9. The molecule has 0 atom stereocenters. The average Bonchev–Trinajstić information content (AvgIpc) is 2.68. The van der Waals surface area contributed by atoms with Crippen molar-refractivity contribution in [3.05, 3.63) is 64.8 Å². The van der Waals surface area contributed by atoms with E-state index in [0.29, 0.717) is 35.0 Å². The smallest absolute Gasteiger partial charge is 0.221 e. The van der Waals surface area contributed by atoms with Crippen LogP contribution in [0.15, 0.2) is 42.6 Å². The normalized spacial score (nSPS) is 10.1. The third-order valence-electron chi connectivity index (χ3n) is 4.08. The molecule has 6 N–H and O–H groups in total. The van der Waals surface area contributed by atoms with Crippen LogP contribution in [-0.2, 0) is 6.42 Å². The molecule has 7 nitrogen and oxygen atoms in total. The number of nitrogens with zero attached hydrogens (tertiary/aromatic N) is 2. The van der Waals surface area contributed by atoms with Gasteiger partial charge in [0, 0.05) is 29.4 Å². The van der Waals surface area contributed by atoms with E-state index >= 15 is 0 Å². The number of hydrogen-bond donors (Lipinski definition) is 3. The lowest BCUT2D eigenvalue weighted by molar-refractivity contribution is 0.354. The van der Waals surface area contributed by atoms with Crippen molar-refractivity contribution < 1.29 is 9.47 Å². The monoisotopic (exact) mass is 375 g/mol. The second-order valence-electron chi connectivity index (χ2n) is 6.07. The number of ether oxygens (including phenoxy) is 2. The molecule has 0 aliphatic rings. The van der Waals surface area contributed by atoms with Gasteiger partial charge in [-0.2, -0.15) is 4.98 Å². The van der Waals surface area contributed by atoms with Crippen LogP contribution in [0.3, 0.4) is 0 Å². The van der Waals surface area contributed by atoms with Gasteiger partial charge in [-0.05, 0) is 35.9 Å². The van der Waals surface area contributed by atoms with Gasteiger partial charge in [0.05, 0.1) is 19.8 Å². The summed E-state index contributed by atoms with van der Waals surface area (Å²) in [6.07, 6.45) is 2.12. The van der Waals surface area contributed by atoms with Crippen molar-refractivity contribution in [1.82, 2.24) is 9.97 Å². The van der Waals surface area contributed by atoms with E-state index in [-0.39, 0.29) is 5.95 Å². The molecule has 0 aliphatic carbocycles. The minimum absolute atomic E-state index is 0.141. The van der Waals surface area contributed by atoms with E-state index in [0.717, 1.165) is 16.7 Å². The predicted octanol–water partition coefficient (Wildman–Crippen LogP) is 2.23. The van der Waals surface area contributed by atoms with Crippen LogP contribution in [0, 0.1) is 11.8 Å². The Hall–Kier alpha value is -3.92. The molecule has 2 aromatic carbocycles. The summed E-state index contributed by atoms with van der Waals surface area (Å²) in [4.78, 5) is 8.01. The maximum atomic E-state index is 5.96. The highest BCUT2D eigenvalue weighted by atomic mass is 16.5. The molecule has 3 aromatic rings. The summed E-state index contributed by atoms with van der Waals surface area (Å²) >= 11 is 0. The van der Waals surface area contributed by atoms with Crippen molar-refractivity contribution in [2.45, 2.75) is 6.42 Å². The van der Waals surface area contributed by atoms with E-state index in [1.807, 2.05) is 36.4 Å². The van der Waals surface area contributed by atoms with Crippen molar-refractivity contribution in [2.24, 2.45) is 0 Å². The molecule has 1 heterocycles. The molecule has 0 radical (unpaired) electrons. The second kappa shape index (κ2) is 8.18. The van der Waals surface area contributed by atoms with Gasteiger partial charge in [-0.3, -0.25) is 0 Å². The third-order valence-corrected chi connectivity index (χ3v) is 4.08. The summed E-state index contributed by atoms with van der Waals surface area (Å²) in [5, 5.41) is 0. The van der Waals surface area contributed by atoms with Crippen molar-refractivity contribution in [3.8, 4) is 23.3 Å². The van der Waals surface area contributed by atoms with Gasteiger partial charge >= 0.3 is 0 Å². The van der Waals surface area contributed by atoms with Crippen LogP contribution in [0.4, 0.5) is 17.5 Å². The molecule has 0 saturated carbocycles. The molecule has 28 heavy (non-hydrogen) atoms. The van der Waals surface area contributed by atoms with Crippen molar-refractivity contribution >= 4 is 17.5 Å². The van der Waals surface area contributed by atoms with Crippen LogP contribution in [0.2, 0.25) is 0 Å². The summed E-state index contributed by atoms with van der Waals surface area (Å²) in [6.45, 7) is 0. The Morgan fingerprint density at radius 3 is 2.50 bits per heavy atom. The Bertz CT molecular complexity index is 1070. The third kappa shape index (κ3) is 4.24. The van der Waals surface area contributed by atoms with Crippen molar-refractivity contribution in [2.75, 3.05) is 31.4 Å². The summed E-state index contributed by atoms with van der Waals surface area (Å²) in [5.74, 6) is 7.86. The molecule has 3 rings (SSSR count). The van der Waals surface area contributed by atoms with Gasteiger partial charge in [-0.15, -0.1) is 0 Å². The van der Waals surface area contributed by atoms with Gasteiger partial charge in [0.2, 0.25) is 5.95 Å². The SMILES string of the molecule is COc1cc(Cc2cnc(N)nc2N)cc(C#Cc2cccc(N)c2)c1OC. The van der Waals surface area contributed by atoms with Crippen LogP contribution in [0.1, 0.15) is 22.3 Å². The molecule has 0 spiro atoms. The van der Waals surface area contributed by atoms with Crippen LogP contribution in [0.25, 0.3) is 0 Å². The first-order chi connectivity index (χ1) is 13.5. The van der Waals surface area contributed by atoms with E-state index < -0.39 is 0 Å². The Kier molecular flexibility index (Phi) is 5.51. The van der Waals surface area contributed by atoms with E-state index in [1.165, 1.54) is 0 Å². The Morgan fingerprint density at radius 2 is 1.82 bits per heavy atom. The highest BCUT2D eigenvalue weighted by molar-refractivity contribution is 5.59. The molecule has 0 saturated heterocycles. The number of methoxy groups -OCH3 is 2. The first-order valence-corrected chi connectivity index (χ1v) is 8.49. The number of rotatable bonds is 4. The summed E-state index contributed by atoms with van der Waals surface area (Å²) in [6, 6.07) is 11.2. The maximum absolute atomic E-state index is 5.96. The van der Waals surface area contributed by atoms with Gasteiger partial charge in [-0.25, -0.2) is 4.98 Å². The highest BCUT2D eigenvalue weighted by Gasteiger charge is 2.13. The largest absolute Gasteiger partial charge is 0.493 e. The molecule has 0 aliphatic heterocycles. The van der Waals surface area contributed by atoms with Crippen molar-refractivity contribution in [1.29, 1.82) is 0 Å². The Morgan fingerprint density at radius 1 is 1.00 bits per heavy atom. The fourth-order valence-corrected chi connectivity index (χ4v) is 2.76. The van der Waals surface area contributed by atoms with E-state index in [2.05, 4.69) is 21.8 Å². The number of anilines is 3. The number of nitrogen functional groups attached to an aromatic ring is 3. The molecule has 142 valence electrons. The first-order valence-electron chi connectivity index (χ1n) is 8.49. The van der Waals surface area contributed by atoms with E-state index in [9.17, 15) is 0 Å². The fraction of sp³-hybridized carbons (Fsp3) is 0.143. The predicted molar refractivity (Wildman–Crippen MR) is 110 cm³/mol. The van der Waals surface area contributed by atoms with Crippen molar-refractivity contribution in [3.63, 3.8) is 0 Å². The molecule has 0 amide bonds. The average molecular weight is 375 g/mol. The number of aromatic nitrogens is 2. The van der Waals surface area contributed by atoms with Gasteiger partial charge in [0.1, 0.15) is 5.82 Å². The van der Waals surface area contributed by atoms with Crippen LogP contribution in [0.5, 0.6) is 11.5 Å². The Balaban J connectivity index is 2.02. The van der Waals surface area contributed by atoms with Gasteiger partial charge < -0.3 is 26.7 Å². The maximum Gasteiger partial charge on any atom is 0.221 e. The van der Waals surface area contributed by atoms with Crippen LogP contribution in [-0.4, -0.2) is 24.2 Å². The topological polar surface area (TPSA) is 122 Å². The molecule has 0 unspecified atom stereocenters. The molecule has 0 fully saturated rings. The number of benzene rings is 2.